The minimum Gasteiger partial charge on any atom is -0.378 e. The maximum absolute atomic E-state index is 13.1. The molecule has 0 aliphatic carbocycles. The van der Waals surface area contributed by atoms with E-state index in [9.17, 15) is 9.90 Å². The number of nitrogens with one attached hydrogen (secondary N) is 1. The van der Waals surface area contributed by atoms with Crippen LogP contribution >= 0.6 is 11.3 Å². The topological polar surface area (TPSA) is 70.4 Å². The molecule has 1 fully saturated rings. The smallest absolute Gasteiger partial charge is 0.241 e. The Balaban J connectivity index is 1.40. The Morgan fingerprint density at radius 3 is 2.78 bits per heavy atom. The number of amides is 1. The van der Waals surface area contributed by atoms with Gasteiger partial charge in [0.2, 0.25) is 5.91 Å². The number of piperidine rings is 1. The molecule has 1 saturated heterocycles. The normalized spacial score (nSPS) is 16.9. The summed E-state index contributed by atoms with van der Waals surface area (Å²) in [5.41, 5.74) is 0.738. The Morgan fingerprint density at radius 2 is 2.06 bits per heavy atom. The van der Waals surface area contributed by atoms with Crippen molar-refractivity contribution in [3.63, 3.8) is 0 Å². The highest BCUT2D eigenvalue weighted by Crippen LogP contribution is 2.25. The Kier molecular flexibility index (Phi) is 6.75. The summed E-state index contributed by atoms with van der Waals surface area (Å²) in [6.07, 6.45) is 6.64. The van der Waals surface area contributed by atoms with E-state index in [1.807, 2.05) is 42.6 Å². The van der Waals surface area contributed by atoms with Crippen LogP contribution in [0, 0.1) is 11.8 Å². The molecular formula is C25H28N4O2S. The van der Waals surface area contributed by atoms with Gasteiger partial charge in [0.25, 0.3) is 0 Å². The van der Waals surface area contributed by atoms with E-state index in [0.717, 1.165) is 48.6 Å². The van der Waals surface area contributed by atoms with Crippen molar-refractivity contribution in [2.24, 2.45) is 0 Å². The molecule has 32 heavy (non-hydrogen) atoms. The van der Waals surface area contributed by atoms with E-state index in [1.165, 1.54) is 4.88 Å². The van der Waals surface area contributed by atoms with Crippen molar-refractivity contribution in [2.45, 2.75) is 51.3 Å². The highest BCUT2D eigenvalue weighted by atomic mass is 32.1. The van der Waals surface area contributed by atoms with E-state index < -0.39 is 5.60 Å². The first kappa shape index (κ1) is 22.3. The second-order valence-electron chi connectivity index (χ2n) is 8.54. The molecule has 4 rings (SSSR count). The number of benzene rings is 1. The quantitative estimate of drug-likeness (QED) is 0.578. The van der Waals surface area contributed by atoms with Crippen LogP contribution in [-0.4, -0.2) is 43.9 Å². The van der Waals surface area contributed by atoms with Crippen LogP contribution in [0.25, 0.3) is 5.69 Å². The van der Waals surface area contributed by atoms with Crippen molar-refractivity contribution in [2.75, 3.05) is 11.9 Å². The van der Waals surface area contributed by atoms with Gasteiger partial charge in [0.05, 0.1) is 16.6 Å². The van der Waals surface area contributed by atoms with Gasteiger partial charge >= 0.3 is 0 Å². The van der Waals surface area contributed by atoms with Gasteiger partial charge in [-0.1, -0.05) is 18.3 Å². The summed E-state index contributed by atoms with van der Waals surface area (Å²) >= 11 is 1.62. The first-order chi connectivity index (χ1) is 15.4. The SMILES string of the molecule is CC(C)(O)C#Cc1ccc(CN2CCCC[C@@H]2C(=O)Nc2ccc(-n3cccn3)cc2)s1. The molecule has 0 spiro atoms. The molecule has 0 unspecified atom stereocenters. The van der Waals surface area contributed by atoms with Gasteiger partial charge in [-0.15, -0.1) is 11.3 Å². The fourth-order valence-corrected chi connectivity index (χ4v) is 4.65. The Hall–Kier alpha value is -2.92. The first-order valence-electron chi connectivity index (χ1n) is 10.9. The molecule has 6 nitrogen and oxygen atoms in total. The maximum atomic E-state index is 13.1. The molecule has 2 N–H and O–H groups in total. The van der Waals surface area contributed by atoms with E-state index in [4.69, 9.17) is 0 Å². The number of anilines is 1. The number of thiophene rings is 1. The van der Waals surface area contributed by atoms with Crippen LogP contribution in [0.15, 0.2) is 54.9 Å². The van der Waals surface area contributed by atoms with Crippen molar-refractivity contribution < 1.29 is 9.90 Å². The van der Waals surface area contributed by atoms with Gasteiger partial charge in [-0.05, 0) is 75.7 Å². The summed E-state index contributed by atoms with van der Waals surface area (Å²) in [6, 6.07) is 13.5. The molecule has 1 aromatic carbocycles. The Bertz CT molecular complexity index is 1100. The van der Waals surface area contributed by atoms with Crippen LogP contribution in [0.1, 0.15) is 42.9 Å². The number of nitrogens with zero attached hydrogens (tertiary/aromatic N) is 3. The molecule has 166 valence electrons. The number of carbonyl (C=O) groups excluding carboxylic acids is 1. The van der Waals surface area contributed by atoms with Crippen LogP contribution in [0.5, 0.6) is 0 Å². The molecule has 1 aliphatic heterocycles. The molecule has 3 aromatic rings. The van der Waals surface area contributed by atoms with Gasteiger partial charge in [-0.3, -0.25) is 9.69 Å². The molecular weight excluding hydrogens is 420 g/mol. The zero-order valence-electron chi connectivity index (χ0n) is 18.4. The molecule has 1 aliphatic rings. The van der Waals surface area contributed by atoms with E-state index in [2.05, 4.69) is 33.2 Å². The van der Waals surface area contributed by atoms with Crippen molar-refractivity contribution in [3.8, 4) is 17.5 Å². The second-order valence-corrected chi connectivity index (χ2v) is 9.71. The minimum atomic E-state index is -1.00. The fourth-order valence-electron chi connectivity index (χ4n) is 3.77. The lowest BCUT2D eigenvalue weighted by molar-refractivity contribution is -0.122. The van der Waals surface area contributed by atoms with E-state index >= 15 is 0 Å². The lowest BCUT2D eigenvalue weighted by atomic mass is 10.0. The monoisotopic (exact) mass is 448 g/mol. The number of aliphatic hydroxyl groups is 1. The van der Waals surface area contributed by atoms with E-state index in [1.54, 1.807) is 36.1 Å². The summed E-state index contributed by atoms with van der Waals surface area (Å²) in [6.45, 7) is 4.98. The molecule has 0 saturated carbocycles. The summed E-state index contributed by atoms with van der Waals surface area (Å²) < 4.78 is 1.79. The number of likely N-dealkylation sites (tertiary alicyclic amines) is 1. The zero-order valence-corrected chi connectivity index (χ0v) is 19.2. The molecule has 0 bridgehead atoms. The Morgan fingerprint density at radius 1 is 1.25 bits per heavy atom. The number of rotatable bonds is 5. The maximum Gasteiger partial charge on any atom is 0.241 e. The van der Waals surface area contributed by atoms with Crippen LogP contribution in [-0.2, 0) is 11.3 Å². The average molecular weight is 449 g/mol. The highest BCUT2D eigenvalue weighted by Gasteiger charge is 2.29. The fraction of sp³-hybridized carbons (Fsp3) is 0.360. The van der Waals surface area contributed by atoms with Crippen LogP contribution < -0.4 is 5.32 Å². The van der Waals surface area contributed by atoms with E-state index in [-0.39, 0.29) is 11.9 Å². The van der Waals surface area contributed by atoms with E-state index in [0.29, 0.717) is 0 Å². The van der Waals surface area contributed by atoms with Gasteiger partial charge in [0.15, 0.2) is 0 Å². The molecule has 3 heterocycles. The zero-order chi connectivity index (χ0) is 22.6. The number of aromatic nitrogens is 2. The first-order valence-corrected chi connectivity index (χ1v) is 11.7. The average Bonchev–Trinajstić information content (AvgIpc) is 3.45. The lowest BCUT2D eigenvalue weighted by Crippen LogP contribution is -2.46. The van der Waals surface area contributed by atoms with Crippen LogP contribution in [0.3, 0.4) is 0 Å². The summed E-state index contributed by atoms with van der Waals surface area (Å²) in [7, 11) is 0. The highest BCUT2D eigenvalue weighted by molar-refractivity contribution is 7.12. The van der Waals surface area contributed by atoms with Crippen LogP contribution in [0.4, 0.5) is 5.69 Å². The van der Waals surface area contributed by atoms with Crippen molar-refractivity contribution in [3.05, 3.63) is 64.6 Å². The third-order valence-electron chi connectivity index (χ3n) is 5.33. The molecule has 2 aromatic heterocycles. The third kappa shape index (κ3) is 5.86. The van der Waals surface area contributed by atoms with Gasteiger partial charge in [0, 0.05) is 29.5 Å². The predicted molar refractivity (Wildman–Crippen MR) is 128 cm³/mol. The lowest BCUT2D eigenvalue weighted by Gasteiger charge is -2.34. The number of hydrogen-bond acceptors (Lipinski definition) is 5. The largest absolute Gasteiger partial charge is 0.378 e. The standard InChI is InChI=1S/C25H28N4O2S/c1-25(2,31)14-13-21-11-12-22(32-21)18-28-16-4-3-6-23(28)24(30)27-19-7-9-20(10-8-19)29-17-5-15-26-29/h5,7-12,15,17,23,31H,3-4,6,16,18H2,1-2H3,(H,27,30)/t23-/m1/s1. The third-order valence-corrected chi connectivity index (χ3v) is 6.32. The molecule has 1 atom stereocenters. The Labute approximate surface area is 192 Å². The van der Waals surface area contributed by atoms with Crippen molar-refractivity contribution >= 4 is 22.9 Å². The number of carbonyl (C=O) groups is 1. The molecule has 7 heteroatoms. The second kappa shape index (κ2) is 9.70. The minimum absolute atomic E-state index is 0.0372. The summed E-state index contributed by atoms with van der Waals surface area (Å²) in [5, 5.41) is 17.1. The van der Waals surface area contributed by atoms with Gasteiger partial charge < -0.3 is 10.4 Å². The summed E-state index contributed by atoms with van der Waals surface area (Å²) in [4.78, 5) is 17.4. The summed E-state index contributed by atoms with van der Waals surface area (Å²) in [5.74, 6) is 5.93. The van der Waals surface area contributed by atoms with Crippen molar-refractivity contribution in [1.29, 1.82) is 0 Å². The van der Waals surface area contributed by atoms with Gasteiger partial charge in [0.1, 0.15) is 5.60 Å². The predicted octanol–water partition coefficient (Wildman–Crippen LogP) is 4.05. The van der Waals surface area contributed by atoms with Crippen LogP contribution in [0.2, 0.25) is 0 Å². The van der Waals surface area contributed by atoms with Gasteiger partial charge in [-0.25, -0.2) is 4.68 Å². The molecule has 0 radical (unpaired) electrons. The molecule has 1 amide bonds. The number of hydrogen-bond donors (Lipinski definition) is 2. The van der Waals surface area contributed by atoms with Crippen molar-refractivity contribution in [1.82, 2.24) is 14.7 Å². The van der Waals surface area contributed by atoms with Gasteiger partial charge in [-0.2, -0.15) is 5.10 Å².